The van der Waals surface area contributed by atoms with Gasteiger partial charge in [-0.1, -0.05) is 40.8 Å². The highest BCUT2D eigenvalue weighted by atomic mass is 127. The number of benzene rings is 1. The van der Waals surface area contributed by atoms with Crippen LogP contribution in [0.2, 0.25) is 0 Å². The number of hydrogen-bond donors (Lipinski definition) is 0. The number of carbonyl (C=O) groups excluding carboxylic acids is 1. The average Bonchev–Trinajstić information content (AvgIpc) is 2.43. The number of ether oxygens (including phenoxy) is 2. The molecule has 106 valence electrons. The minimum Gasteiger partial charge on any atom is -0.493 e. The Morgan fingerprint density at radius 3 is 2.79 bits per heavy atom. The normalized spacial score (nSPS) is 10.2. The van der Waals surface area contributed by atoms with Crippen molar-refractivity contribution < 1.29 is 14.3 Å². The van der Waals surface area contributed by atoms with Gasteiger partial charge in [0.1, 0.15) is 5.75 Å². The molecule has 0 aromatic heterocycles. The second-order valence-corrected chi connectivity index (χ2v) is 5.24. The van der Waals surface area contributed by atoms with Crippen molar-refractivity contribution in [2.75, 3.05) is 17.6 Å². The standard InChI is InChI=1S/C15H21IO3/c1-2-18-15(17)10-9-13-7-3-4-8-14(13)19-12-6-5-11-16/h3-4,7-8H,2,5-6,9-12H2,1H3. The minimum atomic E-state index is -0.151. The van der Waals surface area contributed by atoms with Gasteiger partial charge in [0.25, 0.3) is 0 Å². The lowest BCUT2D eigenvalue weighted by atomic mass is 10.1. The van der Waals surface area contributed by atoms with Crippen LogP contribution in [-0.4, -0.2) is 23.6 Å². The third-order valence-corrected chi connectivity index (χ3v) is 3.42. The number of esters is 1. The van der Waals surface area contributed by atoms with Crippen molar-refractivity contribution in [3.8, 4) is 5.75 Å². The summed E-state index contributed by atoms with van der Waals surface area (Å²) >= 11 is 2.37. The van der Waals surface area contributed by atoms with Crippen molar-refractivity contribution in [3.05, 3.63) is 29.8 Å². The molecule has 0 bridgehead atoms. The SMILES string of the molecule is CCOC(=O)CCc1ccccc1OCCCCI. The van der Waals surface area contributed by atoms with E-state index in [4.69, 9.17) is 9.47 Å². The second-order valence-electron chi connectivity index (χ2n) is 4.16. The number of carbonyl (C=O) groups is 1. The molecule has 0 aliphatic rings. The molecule has 0 aliphatic heterocycles. The quantitative estimate of drug-likeness (QED) is 0.285. The topological polar surface area (TPSA) is 35.5 Å². The maximum absolute atomic E-state index is 11.4. The zero-order valence-corrected chi connectivity index (χ0v) is 13.5. The van der Waals surface area contributed by atoms with Crippen molar-refractivity contribution in [2.45, 2.75) is 32.6 Å². The molecule has 4 heteroatoms. The molecule has 0 radical (unpaired) electrons. The lowest BCUT2D eigenvalue weighted by Crippen LogP contribution is -2.06. The molecule has 1 aromatic carbocycles. The molecule has 0 spiro atoms. The minimum absolute atomic E-state index is 0.151. The first-order chi connectivity index (χ1) is 9.27. The van der Waals surface area contributed by atoms with E-state index in [0.29, 0.717) is 19.4 Å². The number of hydrogen-bond acceptors (Lipinski definition) is 3. The fraction of sp³-hybridized carbons (Fsp3) is 0.533. The Morgan fingerprint density at radius 2 is 2.05 bits per heavy atom. The van der Waals surface area contributed by atoms with Crippen LogP contribution in [0.25, 0.3) is 0 Å². The Labute approximate surface area is 128 Å². The van der Waals surface area contributed by atoms with Crippen molar-refractivity contribution >= 4 is 28.6 Å². The first-order valence-electron chi connectivity index (χ1n) is 6.70. The van der Waals surface area contributed by atoms with Crippen molar-refractivity contribution in [1.29, 1.82) is 0 Å². The van der Waals surface area contributed by atoms with Gasteiger partial charge in [-0.25, -0.2) is 0 Å². The lowest BCUT2D eigenvalue weighted by molar-refractivity contribution is -0.143. The van der Waals surface area contributed by atoms with E-state index in [1.807, 2.05) is 31.2 Å². The van der Waals surface area contributed by atoms with Gasteiger partial charge >= 0.3 is 5.97 Å². The van der Waals surface area contributed by atoms with E-state index in [2.05, 4.69) is 22.6 Å². The second kappa shape index (κ2) is 10.1. The zero-order chi connectivity index (χ0) is 13.9. The average molecular weight is 376 g/mol. The summed E-state index contributed by atoms with van der Waals surface area (Å²) < 4.78 is 11.9. The summed E-state index contributed by atoms with van der Waals surface area (Å²) in [5, 5.41) is 0. The maximum atomic E-state index is 11.4. The first kappa shape index (κ1) is 16.3. The predicted molar refractivity (Wildman–Crippen MR) is 85.0 cm³/mol. The van der Waals surface area contributed by atoms with Gasteiger partial charge in [0.2, 0.25) is 0 Å². The van der Waals surface area contributed by atoms with Gasteiger partial charge in [0.15, 0.2) is 0 Å². The predicted octanol–water partition coefficient (Wildman–Crippen LogP) is 3.78. The third kappa shape index (κ3) is 6.80. The van der Waals surface area contributed by atoms with Crippen LogP contribution in [0, 0.1) is 0 Å². The molecule has 3 nitrogen and oxygen atoms in total. The van der Waals surface area contributed by atoms with Gasteiger partial charge < -0.3 is 9.47 Å². The van der Waals surface area contributed by atoms with Crippen LogP contribution >= 0.6 is 22.6 Å². The van der Waals surface area contributed by atoms with Crippen LogP contribution in [0.1, 0.15) is 31.7 Å². The fourth-order valence-corrected chi connectivity index (χ4v) is 2.24. The molecule has 0 fully saturated rings. The molecule has 0 N–H and O–H groups in total. The molecule has 0 unspecified atom stereocenters. The van der Waals surface area contributed by atoms with E-state index < -0.39 is 0 Å². The highest BCUT2D eigenvalue weighted by molar-refractivity contribution is 14.1. The van der Waals surface area contributed by atoms with E-state index in [9.17, 15) is 4.79 Å². The molecule has 0 amide bonds. The molecular weight excluding hydrogens is 355 g/mol. The van der Waals surface area contributed by atoms with Crippen LogP contribution in [0.15, 0.2) is 24.3 Å². The lowest BCUT2D eigenvalue weighted by Gasteiger charge is -2.11. The third-order valence-electron chi connectivity index (χ3n) is 2.66. The molecule has 1 rings (SSSR count). The van der Waals surface area contributed by atoms with Gasteiger partial charge in [0, 0.05) is 6.42 Å². The molecular formula is C15H21IO3. The molecule has 0 aliphatic carbocycles. The molecule has 0 atom stereocenters. The van der Waals surface area contributed by atoms with Crippen molar-refractivity contribution in [2.24, 2.45) is 0 Å². The van der Waals surface area contributed by atoms with Gasteiger partial charge in [0.05, 0.1) is 13.2 Å². The van der Waals surface area contributed by atoms with Crippen molar-refractivity contribution in [1.82, 2.24) is 0 Å². The van der Waals surface area contributed by atoms with Crippen LogP contribution in [0.5, 0.6) is 5.75 Å². The number of aryl methyl sites for hydroxylation is 1. The molecule has 0 saturated heterocycles. The summed E-state index contributed by atoms with van der Waals surface area (Å²) in [7, 11) is 0. The maximum Gasteiger partial charge on any atom is 0.306 e. The Bertz CT molecular complexity index is 379. The summed E-state index contributed by atoms with van der Waals surface area (Å²) in [5.41, 5.74) is 1.07. The van der Waals surface area contributed by atoms with E-state index in [0.717, 1.165) is 28.8 Å². The van der Waals surface area contributed by atoms with E-state index >= 15 is 0 Å². The summed E-state index contributed by atoms with van der Waals surface area (Å²) in [4.78, 5) is 11.4. The highest BCUT2D eigenvalue weighted by Gasteiger charge is 2.07. The molecule has 1 aromatic rings. The van der Waals surface area contributed by atoms with Gasteiger partial charge in [-0.05, 0) is 42.2 Å². The number of para-hydroxylation sites is 1. The smallest absolute Gasteiger partial charge is 0.306 e. The summed E-state index contributed by atoms with van der Waals surface area (Å²) in [6.07, 6.45) is 3.31. The largest absolute Gasteiger partial charge is 0.493 e. The van der Waals surface area contributed by atoms with Crippen LogP contribution in [-0.2, 0) is 16.0 Å². The van der Waals surface area contributed by atoms with Crippen molar-refractivity contribution in [3.63, 3.8) is 0 Å². The van der Waals surface area contributed by atoms with Crippen LogP contribution < -0.4 is 4.74 Å². The number of halogens is 1. The monoisotopic (exact) mass is 376 g/mol. The number of alkyl halides is 1. The van der Waals surface area contributed by atoms with E-state index in [-0.39, 0.29) is 5.97 Å². The number of unbranched alkanes of at least 4 members (excludes halogenated alkanes) is 1. The molecule has 0 heterocycles. The highest BCUT2D eigenvalue weighted by Crippen LogP contribution is 2.20. The van der Waals surface area contributed by atoms with E-state index in [1.165, 1.54) is 6.42 Å². The van der Waals surface area contributed by atoms with Gasteiger partial charge in [-0.2, -0.15) is 0 Å². The Hall–Kier alpha value is -0.780. The molecule has 19 heavy (non-hydrogen) atoms. The Kier molecular flexibility index (Phi) is 8.62. The summed E-state index contributed by atoms with van der Waals surface area (Å²) in [5.74, 6) is 0.738. The summed E-state index contributed by atoms with van der Waals surface area (Å²) in [6, 6.07) is 7.90. The fourth-order valence-electron chi connectivity index (χ4n) is 1.70. The summed E-state index contributed by atoms with van der Waals surface area (Å²) in [6.45, 7) is 2.99. The van der Waals surface area contributed by atoms with Crippen LogP contribution in [0.4, 0.5) is 0 Å². The zero-order valence-electron chi connectivity index (χ0n) is 11.4. The number of rotatable bonds is 9. The molecule has 0 saturated carbocycles. The Morgan fingerprint density at radius 1 is 1.26 bits per heavy atom. The van der Waals surface area contributed by atoms with Gasteiger partial charge in [-0.15, -0.1) is 0 Å². The van der Waals surface area contributed by atoms with Gasteiger partial charge in [-0.3, -0.25) is 4.79 Å². The van der Waals surface area contributed by atoms with E-state index in [1.54, 1.807) is 0 Å². The first-order valence-corrected chi connectivity index (χ1v) is 8.22. The van der Waals surface area contributed by atoms with Crippen LogP contribution in [0.3, 0.4) is 0 Å². The Balaban J connectivity index is 2.45.